The quantitative estimate of drug-likeness (QED) is 0.775. The molecule has 2 N–H and O–H groups in total. The van der Waals surface area contributed by atoms with Crippen molar-refractivity contribution in [3.63, 3.8) is 0 Å². The van der Waals surface area contributed by atoms with Gasteiger partial charge in [0.25, 0.3) is 0 Å². The summed E-state index contributed by atoms with van der Waals surface area (Å²) >= 11 is 2.89. The minimum absolute atomic E-state index is 0.000748. The maximum absolute atomic E-state index is 13.1. The Morgan fingerprint density at radius 1 is 1.50 bits per heavy atom. The van der Waals surface area contributed by atoms with Crippen molar-refractivity contribution >= 4 is 31.9 Å². The predicted octanol–water partition coefficient (Wildman–Crippen LogP) is 2.51. The number of unbranched alkanes of at least 4 members (excludes halogenated alkanes) is 1. The first-order valence-corrected chi connectivity index (χ1v) is 8.25. The molecule has 0 saturated heterocycles. The van der Waals surface area contributed by atoms with E-state index >= 15 is 0 Å². The Balaban J connectivity index is 2.97. The summed E-state index contributed by atoms with van der Waals surface area (Å²) in [6, 6.07) is 1.99. The number of carboxylic acid groups (broad SMARTS) is 1. The maximum atomic E-state index is 13.1. The summed E-state index contributed by atoms with van der Waals surface area (Å²) < 4.78 is 39.3. The SMILES string of the molecule is CCCC[C@H](NS(=O)(=O)c1ccc(F)c(Br)c1)C(=O)O. The summed E-state index contributed by atoms with van der Waals surface area (Å²) in [5, 5.41) is 9.01. The van der Waals surface area contributed by atoms with Crippen LogP contribution < -0.4 is 4.72 Å². The van der Waals surface area contributed by atoms with Crippen LogP contribution in [0.25, 0.3) is 0 Å². The molecule has 1 rings (SSSR count). The summed E-state index contributed by atoms with van der Waals surface area (Å²) in [6.07, 6.45) is 1.55. The highest BCUT2D eigenvalue weighted by Crippen LogP contribution is 2.20. The molecule has 0 radical (unpaired) electrons. The minimum atomic E-state index is -4.00. The van der Waals surface area contributed by atoms with Gasteiger partial charge in [-0.1, -0.05) is 19.8 Å². The van der Waals surface area contributed by atoms with E-state index in [1.165, 1.54) is 0 Å². The van der Waals surface area contributed by atoms with E-state index in [0.29, 0.717) is 6.42 Å². The molecule has 0 spiro atoms. The number of hydrogen-bond donors (Lipinski definition) is 2. The monoisotopic (exact) mass is 367 g/mol. The molecular formula is C12H15BrFNO4S. The normalized spacial score (nSPS) is 13.2. The van der Waals surface area contributed by atoms with Crippen molar-refractivity contribution in [3.8, 4) is 0 Å². The maximum Gasteiger partial charge on any atom is 0.321 e. The van der Waals surface area contributed by atoms with E-state index in [-0.39, 0.29) is 15.8 Å². The first-order valence-electron chi connectivity index (χ1n) is 5.98. The molecule has 1 aromatic rings. The van der Waals surface area contributed by atoms with Crippen molar-refractivity contribution in [2.75, 3.05) is 0 Å². The molecule has 0 saturated carbocycles. The zero-order chi connectivity index (χ0) is 15.3. The summed E-state index contributed by atoms with van der Waals surface area (Å²) in [7, 11) is -4.00. The molecule has 5 nitrogen and oxygen atoms in total. The van der Waals surface area contributed by atoms with Crippen LogP contribution in [0.15, 0.2) is 27.6 Å². The van der Waals surface area contributed by atoms with Gasteiger partial charge in [0, 0.05) is 0 Å². The third-order valence-corrected chi connectivity index (χ3v) is 4.72. The summed E-state index contributed by atoms with van der Waals surface area (Å²) in [6.45, 7) is 1.88. The number of benzene rings is 1. The second-order valence-corrected chi connectivity index (χ2v) is 6.80. The van der Waals surface area contributed by atoms with Gasteiger partial charge in [-0.2, -0.15) is 4.72 Å². The number of carbonyl (C=O) groups is 1. The molecule has 112 valence electrons. The third-order valence-electron chi connectivity index (χ3n) is 2.64. The molecule has 1 atom stereocenters. The molecule has 20 heavy (non-hydrogen) atoms. The standard InChI is InChI=1S/C12H15BrFNO4S/c1-2-3-4-11(12(16)17)15-20(18,19)8-5-6-10(14)9(13)7-8/h5-7,11,15H,2-4H2,1H3,(H,16,17)/t11-/m0/s1. The van der Waals surface area contributed by atoms with Gasteiger partial charge in [-0.3, -0.25) is 4.79 Å². The number of sulfonamides is 1. The smallest absolute Gasteiger partial charge is 0.321 e. The van der Waals surface area contributed by atoms with Crippen LogP contribution in [0.2, 0.25) is 0 Å². The molecule has 1 aromatic carbocycles. The van der Waals surface area contributed by atoms with Gasteiger partial charge in [-0.25, -0.2) is 12.8 Å². The lowest BCUT2D eigenvalue weighted by atomic mass is 10.1. The van der Waals surface area contributed by atoms with E-state index in [9.17, 15) is 17.6 Å². The average molecular weight is 368 g/mol. The van der Waals surface area contributed by atoms with Gasteiger partial charge in [-0.05, 0) is 40.5 Å². The van der Waals surface area contributed by atoms with E-state index < -0.39 is 27.9 Å². The summed E-state index contributed by atoms with van der Waals surface area (Å²) in [4.78, 5) is 10.9. The Morgan fingerprint density at radius 3 is 2.65 bits per heavy atom. The average Bonchev–Trinajstić information content (AvgIpc) is 2.37. The number of carboxylic acids is 1. The first kappa shape index (κ1) is 17.1. The number of nitrogens with one attached hydrogen (secondary N) is 1. The Labute approximate surface area is 125 Å². The fourth-order valence-corrected chi connectivity index (χ4v) is 3.32. The molecule has 0 fully saturated rings. The van der Waals surface area contributed by atoms with Crippen molar-refractivity contribution in [1.29, 1.82) is 0 Å². The topological polar surface area (TPSA) is 83.5 Å². The molecule has 0 bridgehead atoms. The lowest BCUT2D eigenvalue weighted by Gasteiger charge is -2.14. The van der Waals surface area contributed by atoms with Crippen LogP contribution in [-0.4, -0.2) is 25.5 Å². The van der Waals surface area contributed by atoms with Crippen LogP contribution in [0.3, 0.4) is 0 Å². The van der Waals surface area contributed by atoms with Gasteiger partial charge in [0.15, 0.2) is 0 Å². The molecule has 0 heterocycles. The van der Waals surface area contributed by atoms with Crippen LogP contribution in [-0.2, 0) is 14.8 Å². The number of aliphatic carboxylic acids is 1. The van der Waals surface area contributed by atoms with E-state index in [2.05, 4.69) is 20.7 Å². The highest BCUT2D eigenvalue weighted by atomic mass is 79.9. The Hall–Kier alpha value is -0.990. The van der Waals surface area contributed by atoms with E-state index in [0.717, 1.165) is 24.6 Å². The largest absolute Gasteiger partial charge is 0.480 e. The third kappa shape index (κ3) is 4.53. The van der Waals surface area contributed by atoms with Crippen LogP contribution >= 0.6 is 15.9 Å². The van der Waals surface area contributed by atoms with Crippen LogP contribution in [0, 0.1) is 5.82 Å². The minimum Gasteiger partial charge on any atom is -0.480 e. The Morgan fingerprint density at radius 2 is 2.15 bits per heavy atom. The van der Waals surface area contributed by atoms with Gasteiger partial charge in [0.1, 0.15) is 11.9 Å². The van der Waals surface area contributed by atoms with Crippen LogP contribution in [0.4, 0.5) is 4.39 Å². The second-order valence-electron chi connectivity index (χ2n) is 4.23. The highest BCUT2D eigenvalue weighted by molar-refractivity contribution is 9.10. The van der Waals surface area contributed by atoms with Crippen molar-refractivity contribution in [2.24, 2.45) is 0 Å². The van der Waals surface area contributed by atoms with Crippen molar-refractivity contribution in [1.82, 2.24) is 4.72 Å². The summed E-state index contributed by atoms with van der Waals surface area (Å²) in [5.41, 5.74) is 0. The number of halogens is 2. The van der Waals surface area contributed by atoms with Gasteiger partial charge >= 0.3 is 5.97 Å². The fraction of sp³-hybridized carbons (Fsp3) is 0.417. The van der Waals surface area contributed by atoms with Gasteiger partial charge < -0.3 is 5.11 Å². The molecule has 0 unspecified atom stereocenters. The Bertz CT molecular complexity index is 591. The highest BCUT2D eigenvalue weighted by Gasteiger charge is 2.25. The van der Waals surface area contributed by atoms with Gasteiger partial charge in [0.2, 0.25) is 10.0 Å². The van der Waals surface area contributed by atoms with Crippen molar-refractivity contribution in [2.45, 2.75) is 37.1 Å². The zero-order valence-electron chi connectivity index (χ0n) is 10.8. The van der Waals surface area contributed by atoms with Crippen LogP contribution in [0.5, 0.6) is 0 Å². The summed E-state index contributed by atoms with van der Waals surface area (Å²) in [5.74, 6) is -1.83. The Kier molecular flexibility index (Phi) is 6.09. The number of rotatable bonds is 7. The first-order chi connectivity index (χ1) is 9.27. The van der Waals surface area contributed by atoms with Gasteiger partial charge in [0.05, 0.1) is 9.37 Å². The number of hydrogen-bond acceptors (Lipinski definition) is 3. The lowest BCUT2D eigenvalue weighted by Crippen LogP contribution is -2.40. The predicted molar refractivity (Wildman–Crippen MR) is 75.4 cm³/mol. The van der Waals surface area contributed by atoms with Crippen molar-refractivity contribution < 1.29 is 22.7 Å². The molecule has 0 aliphatic carbocycles. The molecular weight excluding hydrogens is 353 g/mol. The van der Waals surface area contributed by atoms with Crippen LogP contribution in [0.1, 0.15) is 26.2 Å². The lowest BCUT2D eigenvalue weighted by molar-refractivity contribution is -0.139. The van der Waals surface area contributed by atoms with Gasteiger partial charge in [-0.15, -0.1) is 0 Å². The molecule has 0 amide bonds. The second kappa shape index (κ2) is 7.14. The van der Waals surface area contributed by atoms with Crippen molar-refractivity contribution in [3.05, 3.63) is 28.5 Å². The molecule has 0 aliphatic heterocycles. The van der Waals surface area contributed by atoms with E-state index in [1.807, 2.05) is 6.92 Å². The fourth-order valence-electron chi connectivity index (χ4n) is 1.54. The van der Waals surface area contributed by atoms with E-state index in [4.69, 9.17) is 5.11 Å². The molecule has 0 aromatic heterocycles. The van der Waals surface area contributed by atoms with E-state index in [1.54, 1.807) is 0 Å². The molecule has 8 heteroatoms. The molecule has 0 aliphatic rings. The zero-order valence-corrected chi connectivity index (χ0v) is 13.2.